The number of hydrogen-bond donors (Lipinski definition) is 1. The van der Waals surface area contributed by atoms with Crippen molar-refractivity contribution in [3.8, 4) is 0 Å². The molecule has 1 saturated heterocycles. The Balaban J connectivity index is 0.00000176. The normalized spacial score (nSPS) is 24.5. The second-order valence-electron chi connectivity index (χ2n) is 4.94. The van der Waals surface area contributed by atoms with Gasteiger partial charge in [-0.05, 0) is 13.0 Å². The zero-order chi connectivity index (χ0) is 15.1. The Hall–Kier alpha value is -0.930. The fourth-order valence-electron chi connectivity index (χ4n) is 2.76. The first kappa shape index (κ1) is 17.4. The molecule has 1 aromatic heterocycles. The third kappa shape index (κ3) is 2.81. The van der Waals surface area contributed by atoms with Gasteiger partial charge in [-0.15, -0.1) is 0 Å². The second-order valence-corrected chi connectivity index (χ2v) is 6.00. The summed E-state index contributed by atoms with van der Waals surface area (Å²) >= 11 is 1.11. The van der Waals surface area contributed by atoms with E-state index < -0.39 is 18.0 Å². The molecule has 2 aliphatic heterocycles. The summed E-state index contributed by atoms with van der Waals surface area (Å²) in [6, 6.07) is 1.34. The number of thioether (sulfide) groups is 1. The standard InChI is InChI=1S/C13H13N3O4S.Na/c1-6(17)9-7-5-8(21-13-14-3-2-4-15-13)10(12(19)20)16(7)11(9)18;/h2-4,6-7,9,17H,5H2,1H3,(H,19,20);/q;+1/p-1/t6-,7-,9-;/m1./s1. The number of fused-ring (bicyclic) bond motifs is 1. The van der Waals surface area contributed by atoms with Crippen LogP contribution in [0.5, 0.6) is 0 Å². The van der Waals surface area contributed by atoms with Crippen LogP contribution in [0.1, 0.15) is 13.3 Å². The molecule has 0 aliphatic carbocycles. The first-order valence-electron chi connectivity index (χ1n) is 6.41. The topological polar surface area (TPSA) is 106 Å². The molecule has 0 bridgehead atoms. The van der Waals surface area contributed by atoms with Crippen molar-refractivity contribution >= 4 is 23.6 Å². The number of aliphatic hydroxyl groups is 1. The van der Waals surface area contributed by atoms with E-state index in [4.69, 9.17) is 0 Å². The van der Waals surface area contributed by atoms with E-state index in [1.807, 2.05) is 0 Å². The van der Waals surface area contributed by atoms with Crippen LogP contribution in [0.3, 0.4) is 0 Å². The van der Waals surface area contributed by atoms with Crippen molar-refractivity contribution in [3.05, 3.63) is 29.1 Å². The second kappa shape index (κ2) is 6.67. The SMILES string of the molecule is C[C@@H](O)[C@H]1C(=O)N2C(C(=O)[O-])=C(Sc3ncccn3)C[C@H]12.[Na+]. The van der Waals surface area contributed by atoms with Gasteiger partial charge in [0.1, 0.15) is 0 Å². The molecule has 110 valence electrons. The Kier molecular flexibility index (Phi) is 5.29. The summed E-state index contributed by atoms with van der Waals surface area (Å²) in [6.45, 7) is 1.53. The Morgan fingerprint density at radius 2 is 2.14 bits per heavy atom. The van der Waals surface area contributed by atoms with Gasteiger partial charge in [0.05, 0.1) is 29.7 Å². The first-order chi connectivity index (χ1) is 10.0. The van der Waals surface area contributed by atoms with Crippen LogP contribution in [0.25, 0.3) is 0 Å². The van der Waals surface area contributed by atoms with Crippen LogP contribution < -0.4 is 34.7 Å². The predicted molar refractivity (Wildman–Crippen MR) is 70.3 cm³/mol. The molecule has 0 aromatic carbocycles. The van der Waals surface area contributed by atoms with Gasteiger partial charge in [0.2, 0.25) is 5.91 Å². The fraction of sp³-hybridized carbons (Fsp3) is 0.385. The summed E-state index contributed by atoms with van der Waals surface area (Å²) in [5.74, 6) is -2.33. The van der Waals surface area contributed by atoms with Gasteiger partial charge in [0, 0.05) is 23.7 Å². The monoisotopic (exact) mass is 329 g/mol. The number of rotatable bonds is 4. The summed E-state index contributed by atoms with van der Waals surface area (Å²) < 4.78 is 0. The maximum atomic E-state index is 12.0. The largest absolute Gasteiger partial charge is 1.00 e. The van der Waals surface area contributed by atoms with Crippen molar-refractivity contribution in [1.29, 1.82) is 0 Å². The number of carboxylic acids is 1. The third-order valence-electron chi connectivity index (χ3n) is 3.64. The number of carboxylic acid groups (broad SMARTS) is 1. The van der Waals surface area contributed by atoms with Crippen LogP contribution in [0.2, 0.25) is 0 Å². The van der Waals surface area contributed by atoms with Crippen molar-refractivity contribution in [2.24, 2.45) is 5.92 Å². The summed E-state index contributed by atoms with van der Waals surface area (Å²) in [5, 5.41) is 21.4. The minimum Gasteiger partial charge on any atom is -0.543 e. The fourth-order valence-corrected chi connectivity index (χ4v) is 3.74. The molecule has 1 aromatic rings. The molecule has 0 saturated carbocycles. The summed E-state index contributed by atoms with van der Waals surface area (Å²) in [4.78, 5) is 33.1. The molecular formula is C13H12N3NaO4S. The van der Waals surface area contributed by atoms with Gasteiger partial charge in [-0.25, -0.2) is 9.97 Å². The number of amides is 1. The van der Waals surface area contributed by atoms with Gasteiger partial charge >= 0.3 is 29.6 Å². The molecule has 0 spiro atoms. The van der Waals surface area contributed by atoms with E-state index in [2.05, 4.69) is 9.97 Å². The van der Waals surface area contributed by atoms with Crippen LogP contribution in [0.15, 0.2) is 34.2 Å². The molecule has 1 fully saturated rings. The Bertz CT molecular complexity index is 637. The first-order valence-corrected chi connectivity index (χ1v) is 7.23. The van der Waals surface area contributed by atoms with Gasteiger partial charge in [-0.2, -0.15) is 0 Å². The molecule has 22 heavy (non-hydrogen) atoms. The summed E-state index contributed by atoms with van der Waals surface area (Å²) in [5.41, 5.74) is -0.126. The maximum absolute atomic E-state index is 12.0. The summed E-state index contributed by atoms with van der Waals surface area (Å²) in [7, 11) is 0. The molecule has 7 nitrogen and oxygen atoms in total. The van der Waals surface area contributed by atoms with Gasteiger partial charge < -0.3 is 19.9 Å². The number of aromatic nitrogens is 2. The van der Waals surface area contributed by atoms with Crippen LogP contribution >= 0.6 is 11.8 Å². The van der Waals surface area contributed by atoms with Gasteiger partial charge in [-0.3, -0.25) is 4.79 Å². The van der Waals surface area contributed by atoms with Gasteiger partial charge in [0.15, 0.2) is 5.16 Å². The zero-order valence-electron chi connectivity index (χ0n) is 12.1. The van der Waals surface area contributed by atoms with E-state index >= 15 is 0 Å². The molecular weight excluding hydrogens is 317 g/mol. The zero-order valence-corrected chi connectivity index (χ0v) is 14.9. The minimum absolute atomic E-state index is 0. The van der Waals surface area contributed by atoms with Crippen LogP contribution in [-0.4, -0.2) is 44.0 Å². The van der Waals surface area contributed by atoms with E-state index in [1.54, 1.807) is 18.5 Å². The van der Waals surface area contributed by atoms with E-state index in [9.17, 15) is 19.8 Å². The van der Waals surface area contributed by atoms with Crippen LogP contribution in [0, 0.1) is 5.92 Å². The van der Waals surface area contributed by atoms with Crippen molar-refractivity contribution in [3.63, 3.8) is 0 Å². The average Bonchev–Trinajstić information content (AvgIpc) is 2.74. The number of carbonyl (C=O) groups excluding carboxylic acids is 2. The number of nitrogens with zero attached hydrogens (tertiary/aromatic N) is 3. The Labute approximate surface area is 153 Å². The van der Waals surface area contributed by atoms with E-state index in [0.717, 1.165) is 11.8 Å². The predicted octanol–water partition coefficient (Wildman–Crippen LogP) is -3.85. The maximum Gasteiger partial charge on any atom is 1.00 e. The quantitative estimate of drug-likeness (QED) is 0.342. The Morgan fingerprint density at radius 1 is 1.50 bits per heavy atom. The number of β-lactam (4-membered cyclic amide) rings is 1. The smallest absolute Gasteiger partial charge is 0.543 e. The Morgan fingerprint density at radius 3 is 2.68 bits per heavy atom. The number of hydrogen-bond acceptors (Lipinski definition) is 7. The van der Waals surface area contributed by atoms with Gasteiger partial charge in [-0.1, -0.05) is 11.8 Å². The average molecular weight is 329 g/mol. The molecule has 0 radical (unpaired) electrons. The molecule has 1 amide bonds. The van der Waals surface area contributed by atoms with Crippen molar-refractivity contribution in [1.82, 2.24) is 14.9 Å². The molecule has 0 unspecified atom stereocenters. The van der Waals surface area contributed by atoms with E-state index in [0.29, 0.717) is 16.5 Å². The minimum atomic E-state index is -1.40. The van der Waals surface area contributed by atoms with Crippen LogP contribution in [0.4, 0.5) is 0 Å². The molecule has 2 aliphatic rings. The summed E-state index contributed by atoms with van der Waals surface area (Å²) in [6.07, 6.45) is 2.68. The number of aliphatic hydroxyl groups excluding tert-OH is 1. The van der Waals surface area contributed by atoms with Gasteiger partial charge in [0.25, 0.3) is 0 Å². The molecule has 3 atom stereocenters. The molecule has 3 rings (SSSR count). The van der Waals surface area contributed by atoms with Crippen LogP contribution in [-0.2, 0) is 9.59 Å². The van der Waals surface area contributed by atoms with Crippen molar-refractivity contribution < 1.29 is 49.4 Å². The molecule has 9 heteroatoms. The van der Waals surface area contributed by atoms with Crippen molar-refractivity contribution in [2.75, 3.05) is 0 Å². The number of aliphatic carboxylic acids is 1. The molecule has 3 heterocycles. The van der Waals surface area contributed by atoms with E-state index in [-0.39, 0.29) is 47.2 Å². The van der Waals surface area contributed by atoms with Crippen molar-refractivity contribution in [2.45, 2.75) is 30.6 Å². The van der Waals surface area contributed by atoms with E-state index in [1.165, 1.54) is 11.8 Å². The number of carbonyl (C=O) groups is 2. The third-order valence-corrected chi connectivity index (χ3v) is 4.64. The molecule has 1 N–H and O–H groups in total.